The molecular formula is C22H19N3O5S. The molecule has 0 unspecified atom stereocenters. The summed E-state index contributed by atoms with van der Waals surface area (Å²) < 4.78 is 11.5. The molecule has 8 nitrogen and oxygen atoms in total. The quantitative estimate of drug-likeness (QED) is 0.579. The lowest BCUT2D eigenvalue weighted by Crippen LogP contribution is -2.34. The monoisotopic (exact) mass is 437 g/mol. The van der Waals surface area contributed by atoms with Crippen molar-refractivity contribution in [2.24, 2.45) is 0 Å². The zero-order chi connectivity index (χ0) is 22.4. The summed E-state index contributed by atoms with van der Waals surface area (Å²) in [6.07, 6.45) is 2.54. The molecule has 0 aliphatic heterocycles. The molecule has 0 radical (unpaired) electrons. The van der Waals surface area contributed by atoms with Crippen LogP contribution >= 0.6 is 11.3 Å². The fourth-order valence-electron chi connectivity index (χ4n) is 2.73. The van der Waals surface area contributed by atoms with Gasteiger partial charge in [-0.05, 0) is 38.1 Å². The number of nitrogens with one attached hydrogen (secondary N) is 1. The summed E-state index contributed by atoms with van der Waals surface area (Å²) in [5.41, 5.74) is 0.672. The highest BCUT2D eigenvalue weighted by Gasteiger charge is 2.17. The van der Waals surface area contributed by atoms with E-state index >= 15 is 0 Å². The summed E-state index contributed by atoms with van der Waals surface area (Å²) in [5, 5.41) is 12.3. The van der Waals surface area contributed by atoms with Gasteiger partial charge in [0, 0.05) is 6.08 Å². The molecule has 158 valence electrons. The van der Waals surface area contributed by atoms with Crippen LogP contribution in [0.15, 0.2) is 51.9 Å². The number of carbonyl (C=O) groups excluding carboxylic acids is 2. The Morgan fingerprint density at radius 2 is 2.03 bits per heavy atom. The Morgan fingerprint density at radius 1 is 1.29 bits per heavy atom. The number of benzene rings is 1. The Balaban J connectivity index is 2.19. The molecule has 0 atom stereocenters. The standard InChI is InChI=1S/C22H19N3O5S/c1-3-29-19(26)11-18-21(28)25(15-8-6-14(2)7-9-15)22(31-18)17(12-23)20(27)24-13-16-5-4-10-30-16/h4-11H,3,13H2,1-2H3,(H,24,27)/b18-11+,22-17+. The molecule has 1 amide bonds. The molecule has 9 heteroatoms. The van der Waals surface area contributed by atoms with Gasteiger partial charge in [-0.1, -0.05) is 17.7 Å². The van der Waals surface area contributed by atoms with Gasteiger partial charge in [-0.25, -0.2) is 4.79 Å². The van der Waals surface area contributed by atoms with Crippen molar-refractivity contribution in [3.05, 3.63) is 73.5 Å². The van der Waals surface area contributed by atoms with Gasteiger partial charge in [0.25, 0.3) is 11.5 Å². The normalized spacial score (nSPS) is 12.2. The molecule has 0 spiro atoms. The van der Waals surface area contributed by atoms with Crippen molar-refractivity contribution in [3.63, 3.8) is 0 Å². The highest BCUT2D eigenvalue weighted by Crippen LogP contribution is 2.07. The first-order valence-electron chi connectivity index (χ1n) is 9.37. The Labute approximate surface area is 181 Å². The van der Waals surface area contributed by atoms with E-state index in [1.165, 1.54) is 10.8 Å². The maximum Gasteiger partial charge on any atom is 0.332 e. The van der Waals surface area contributed by atoms with Crippen LogP contribution < -0.4 is 20.1 Å². The molecule has 0 saturated carbocycles. The fraction of sp³-hybridized carbons (Fsp3) is 0.182. The summed E-state index contributed by atoms with van der Waals surface area (Å²) >= 11 is 0.874. The molecule has 0 fully saturated rings. The van der Waals surface area contributed by atoms with Crippen LogP contribution in [0.1, 0.15) is 18.2 Å². The first-order valence-corrected chi connectivity index (χ1v) is 10.2. The minimum absolute atomic E-state index is 0.0561. The molecule has 31 heavy (non-hydrogen) atoms. The fourth-order valence-corrected chi connectivity index (χ4v) is 3.80. The number of rotatable bonds is 6. The van der Waals surface area contributed by atoms with E-state index in [2.05, 4.69) is 5.32 Å². The molecular weight excluding hydrogens is 418 g/mol. The van der Waals surface area contributed by atoms with Gasteiger partial charge in [0.05, 0.1) is 25.1 Å². The lowest BCUT2D eigenvalue weighted by Gasteiger charge is -2.05. The van der Waals surface area contributed by atoms with Crippen LogP contribution in [0.4, 0.5) is 0 Å². The van der Waals surface area contributed by atoms with Crippen LogP contribution in [-0.4, -0.2) is 23.1 Å². The average Bonchev–Trinajstić information content (AvgIpc) is 3.37. The Kier molecular flexibility index (Phi) is 6.85. The first kappa shape index (κ1) is 21.8. The number of aromatic nitrogens is 1. The average molecular weight is 437 g/mol. The van der Waals surface area contributed by atoms with Gasteiger partial charge < -0.3 is 14.5 Å². The largest absolute Gasteiger partial charge is 0.467 e. The smallest absolute Gasteiger partial charge is 0.332 e. The number of furan rings is 1. The van der Waals surface area contributed by atoms with Crippen molar-refractivity contribution in [2.45, 2.75) is 20.4 Å². The minimum Gasteiger partial charge on any atom is -0.467 e. The van der Waals surface area contributed by atoms with Gasteiger partial charge in [0.1, 0.15) is 21.0 Å². The second-order valence-corrected chi connectivity index (χ2v) is 7.42. The number of nitrogens with zero attached hydrogens (tertiary/aromatic N) is 2. The van der Waals surface area contributed by atoms with E-state index < -0.39 is 17.4 Å². The van der Waals surface area contributed by atoms with E-state index in [1.807, 2.05) is 13.0 Å². The summed E-state index contributed by atoms with van der Waals surface area (Å²) in [7, 11) is 0. The first-order chi connectivity index (χ1) is 14.9. The molecule has 1 aromatic carbocycles. The number of hydrogen-bond acceptors (Lipinski definition) is 7. The second-order valence-electron chi connectivity index (χ2n) is 6.39. The number of amides is 1. The van der Waals surface area contributed by atoms with Crippen molar-refractivity contribution < 1.29 is 18.7 Å². The summed E-state index contributed by atoms with van der Waals surface area (Å²) in [5.74, 6) is -0.822. The molecule has 0 bridgehead atoms. The van der Waals surface area contributed by atoms with Crippen molar-refractivity contribution >= 4 is 34.9 Å². The molecule has 3 aromatic rings. The van der Waals surface area contributed by atoms with Crippen molar-refractivity contribution in [1.29, 1.82) is 5.26 Å². The van der Waals surface area contributed by atoms with Crippen LogP contribution in [0, 0.1) is 18.3 Å². The zero-order valence-corrected chi connectivity index (χ0v) is 17.7. The van der Waals surface area contributed by atoms with Crippen molar-refractivity contribution in [3.8, 4) is 11.8 Å². The van der Waals surface area contributed by atoms with Crippen LogP contribution in [0.3, 0.4) is 0 Å². The predicted octanol–water partition coefficient (Wildman–Crippen LogP) is 1.13. The SMILES string of the molecule is CCOC(=O)/C=c1/s/c(=C(\C#N)C(=O)NCc2ccco2)n(-c2ccc(C)cc2)c1=O. The van der Waals surface area contributed by atoms with Crippen molar-refractivity contribution in [1.82, 2.24) is 9.88 Å². The number of hydrogen-bond donors (Lipinski definition) is 1. The minimum atomic E-state index is -0.677. The summed E-state index contributed by atoms with van der Waals surface area (Å²) in [6.45, 7) is 3.79. The molecule has 1 N–H and O–H groups in total. The zero-order valence-electron chi connectivity index (χ0n) is 16.9. The van der Waals surface area contributed by atoms with Crippen LogP contribution in [0.25, 0.3) is 17.3 Å². The predicted molar refractivity (Wildman–Crippen MR) is 115 cm³/mol. The maximum atomic E-state index is 13.1. The van der Waals surface area contributed by atoms with Gasteiger partial charge in [-0.15, -0.1) is 11.3 Å². The topological polar surface area (TPSA) is 114 Å². The van der Waals surface area contributed by atoms with Gasteiger partial charge in [0.15, 0.2) is 5.57 Å². The van der Waals surface area contributed by atoms with E-state index in [-0.39, 0.29) is 27.9 Å². The van der Waals surface area contributed by atoms with E-state index in [4.69, 9.17) is 9.15 Å². The molecule has 0 aliphatic carbocycles. The van der Waals surface area contributed by atoms with Crippen LogP contribution in [-0.2, 0) is 20.9 Å². The summed E-state index contributed by atoms with van der Waals surface area (Å²) in [6, 6.07) is 12.3. The maximum absolute atomic E-state index is 13.1. The number of esters is 1. The number of nitriles is 1. The third kappa shape index (κ3) is 4.99. The molecule has 2 aromatic heterocycles. The highest BCUT2D eigenvalue weighted by molar-refractivity contribution is 7.07. The van der Waals surface area contributed by atoms with E-state index in [1.54, 1.807) is 43.3 Å². The van der Waals surface area contributed by atoms with E-state index in [0.717, 1.165) is 23.0 Å². The third-order valence-electron chi connectivity index (χ3n) is 4.21. The third-order valence-corrected chi connectivity index (χ3v) is 5.30. The van der Waals surface area contributed by atoms with E-state index in [0.29, 0.717) is 11.4 Å². The number of thiazole rings is 1. The second kappa shape index (κ2) is 9.73. The van der Waals surface area contributed by atoms with Crippen LogP contribution in [0.2, 0.25) is 0 Å². The molecule has 3 rings (SSSR count). The molecule has 2 heterocycles. The number of aryl methyl sites for hydroxylation is 1. The Bertz CT molecular complexity index is 1310. The van der Waals surface area contributed by atoms with Crippen LogP contribution in [0.5, 0.6) is 0 Å². The van der Waals surface area contributed by atoms with Gasteiger partial charge in [0.2, 0.25) is 0 Å². The molecule has 0 saturated heterocycles. The highest BCUT2D eigenvalue weighted by atomic mass is 32.1. The van der Waals surface area contributed by atoms with Gasteiger partial charge in [-0.3, -0.25) is 14.2 Å². The number of carbonyl (C=O) groups is 2. The van der Waals surface area contributed by atoms with E-state index in [9.17, 15) is 19.6 Å². The van der Waals surface area contributed by atoms with Gasteiger partial charge in [-0.2, -0.15) is 5.26 Å². The summed E-state index contributed by atoms with van der Waals surface area (Å²) in [4.78, 5) is 37.7. The number of ether oxygens (including phenoxy) is 1. The lowest BCUT2D eigenvalue weighted by molar-refractivity contribution is -0.135. The Hall–Kier alpha value is -3.90. The van der Waals surface area contributed by atoms with Gasteiger partial charge >= 0.3 is 5.97 Å². The Morgan fingerprint density at radius 3 is 2.65 bits per heavy atom. The van der Waals surface area contributed by atoms with Crippen molar-refractivity contribution in [2.75, 3.05) is 6.61 Å². The lowest BCUT2D eigenvalue weighted by atomic mass is 10.2. The molecule has 0 aliphatic rings.